The second kappa shape index (κ2) is 12.6. The van der Waals surface area contributed by atoms with Crippen molar-refractivity contribution < 1.29 is 22.8 Å². The third-order valence-electron chi connectivity index (χ3n) is 6.53. The summed E-state index contributed by atoms with van der Waals surface area (Å²) in [5, 5.41) is 2.85. The number of rotatable bonds is 11. The Morgan fingerprint density at radius 1 is 0.974 bits per heavy atom. The zero-order valence-electron chi connectivity index (χ0n) is 21.5. The van der Waals surface area contributed by atoms with Crippen molar-refractivity contribution >= 4 is 43.7 Å². The standard InChI is InChI=1S/C29H30BrN3O5S/c1-2-31-28(35)25(19-21-10-4-3-5-11-21)32(20-22-12-8-13-23(30)18-22)27(34)16-9-17-33-29(36)24-14-6-7-15-26(24)39(33,37)38/h3-8,10-15,18,25H,2,9,16-17,19-20H2,1H3,(H,31,35). The fourth-order valence-corrected chi connectivity index (χ4v) is 6.70. The zero-order chi connectivity index (χ0) is 28.0. The molecule has 8 nitrogen and oxygen atoms in total. The van der Waals surface area contributed by atoms with Crippen LogP contribution in [0.4, 0.5) is 0 Å². The molecule has 1 N–H and O–H groups in total. The van der Waals surface area contributed by atoms with E-state index in [9.17, 15) is 22.8 Å². The van der Waals surface area contributed by atoms with Gasteiger partial charge in [-0.2, -0.15) is 0 Å². The number of nitrogens with one attached hydrogen (secondary N) is 1. The van der Waals surface area contributed by atoms with Crippen molar-refractivity contribution in [3.05, 3.63) is 100 Å². The van der Waals surface area contributed by atoms with Crippen LogP contribution in [0.1, 0.15) is 41.3 Å². The number of halogens is 1. The minimum atomic E-state index is -3.96. The third-order valence-corrected chi connectivity index (χ3v) is 8.86. The van der Waals surface area contributed by atoms with Gasteiger partial charge in [-0.15, -0.1) is 0 Å². The Hall–Kier alpha value is -3.50. The molecule has 1 heterocycles. The molecule has 204 valence electrons. The SMILES string of the molecule is CCNC(=O)C(Cc1ccccc1)N(Cc1cccc(Br)c1)C(=O)CCCN1C(=O)c2ccccc2S1(=O)=O. The molecule has 1 aliphatic rings. The second-order valence-corrected chi connectivity index (χ2v) is 12.0. The van der Waals surface area contributed by atoms with Crippen molar-refractivity contribution in [3.63, 3.8) is 0 Å². The molecule has 3 aromatic carbocycles. The monoisotopic (exact) mass is 611 g/mol. The van der Waals surface area contributed by atoms with Crippen LogP contribution in [-0.2, 0) is 32.6 Å². The summed E-state index contributed by atoms with van der Waals surface area (Å²) >= 11 is 3.46. The van der Waals surface area contributed by atoms with Crippen LogP contribution in [0.3, 0.4) is 0 Å². The lowest BCUT2D eigenvalue weighted by molar-refractivity contribution is -0.141. The summed E-state index contributed by atoms with van der Waals surface area (Å²) in [5.74, 6) is -1.16. The number of nitrogens with zero attached hydrogens (tertiary/aromatic N) is 2. The number of hydrogen-bond acceptors (Lipinski definition) is 5. The lowest BCUT2D eigenvalue weighted by Gasteiger charge is -2.31. The molecule has 1 unspecified atom stereocenters. The molecule has 1 aliphatic heterocycles. The van der Waals surface area contributed by atoms with Crippen molar-refractivity contribution in [1.29, 1.82) is 0 Å². The van der Waals surface area contributed by atoms with Crippen LogP contribution in [0.2, 0.25) is 0 Å². The van der Waals surface area contributed by atoms with E-state index >= 15 is 0 Å². The van der Waals surface area contributed by atoms with Gasteiger partial charge in [-0.25, -0.2) is 12.7 Å². The Bertz CT molecular complexity index is 1460. The Morgan fingerprint density at radius 3 is 2.36 bits per heavy atom. The molecular weight excluding hydrogens is 582 g/mol. The molecule has 10 heteroatoms. The van der Waals surface area contributed by atoms with E-state index in [1.165, 1.54) is 12.1 Å². The van der Waals surface area contributed by atoms with Crippen molar-refractivity contribution in [3.8, 4) is 0 Å². The van der Waals surface area contributed by atoms with Crippen LogP contribution in [0.25, 0.3) is 0 Å². The van der Waals surface area contributed by atoms with Crippen molar-refractivity contribution in [1.82, 2.24) is 14.5 Å². The fourth-order valence-electron chi connectivity index (χ4n) is 4.65. The molecule has 0 saturated heterocycles. The Labute approximate surface area is 237 Å². The van der Waals surface area contributed by atoms with E-state index in [0.29, 0.717) is 13.0 Å². The summed E-state index contributed by atoms with van der Waals surface area (Å²) in [6.07, 6.45) is 0.412. The van der Waals surface area contributed by atoms with Gasteiger partial charge >= 0.3 is 0 Å². The molecule has 0 radical (unpaired) electrons. The number of benzene rings is 3. The molecule has 0 aliphatic carbocycles. The maximum absolute atomic E-state index is 13.7. The lowest BCUT2D eigenvalue weighted by Crippen LogP contribution is -2.50. The van der Waals surface area contributed by atoms with Gasteiger partial charge < -0.3 is 10.2 Å². The van der Waals surface area contributed by atoms with E-state index in [1.807, 2.05) is 61.5 Å². The molecule has 3 aromatic rings. The highest BCUT2D eigenvalue weighted by Gasteiger charge is 2.40. The van der Waals surface area contributed by atoms with Crippen molar-refractivity contribution in [2.24, 2.45) is 0 Å². The quantitative estimate of drug-likeness (QED) is 0.351. The van der Waals surface area contributed by atoms with Gasteiger partial charge in [-0.05, 0) is 48.7 Å². The smallest absolute Gasteiger partial charge is 0.269 e. The van der Waals surface area contributed by atoms with E-state index < -0.39 is 22.0 Å². The van der Waals surface area contributed by atoms with Crippen molar-refractivity contribution in [2.75, 3.05) is 13.1 Å². The van der Waals surface area contributed by atoms with Gasteiger partial charge in [0.25, 0.3) is 15.9 Å². The van der Waals surface area contributed by atoms with E-state index in [1.54, 1.807) is 17.0 Å². The Balaban J connectivity index is 1.55. The van der Waals surface area contributed by atoms with E-state index in [4.69, 9.17) is 0 Å². The van der Waals surface area contributed by atoms with Crippen LogP contribution in [0, 0.1) is 0 Å². The molecule has 0 aromatic heterocycles. The maximum atomic E-state index is 13.7. The van der Waals surface area contributed by atoms with Crippen LogP contribution in [-0.4, -0.2) is 54.5 Å². The van der Waals surface area contributed by atoms with Gasteiger partial charge in [0.1, 0.15) is 10.9 Å². The number of carbonyl (C=O) groups excluding carboxylic acids is 3. The molecule has 0 saturated carbocycles. The predicted octanol–water partition coefficient (Wildman–Crippen LogP) is 4.15. The minimum absolute atomic E-state index is 0.0169. The molecular formula is C29H30BrN3O5S. The van der Waals surface area contributed by atoms with Gasteiger partial charge in [-0.3, -0.25) is 14.4 Å². The topological polar surface area (TPSA) is 104 Å². The predicted molar refractivity (Wildman–Crippen MR) is 151 cm³/mol. The highest BCUT2D eigenvalue weighted by Crippen LogP contribution is 2.30. The molecule has 3 amide bonds. The van der Waals surface area contributed by atoms with Gasteiger partial charge in [-0.1, -0.05) is 70.5 Å². The highest BCUT2D eigenvalue weighted by atomic mass is 79.9. The first-order valence-electron chi connectivity index (χ1n) is 12.7. The number of amides is 3. The average molecular weight is 613 g/mol. The molecule has 0 spiro atoms. The van der Waals surface area contributed by atoms with E-state index in [2.05, 4.69) is 21.2 Å². The first kappa shape index (κ1) is 28.5. The normalized spacial score (nSPS) is 14.5. The number of sulfonamides is 1. The number of hydrogen-bond donors (Lipinski definition) is 1. The third kappa shape index (κ3) is 6.57. The van der Waals surface area contributed by atoms with Gasteiger partial charge in [0, 0.05) is 36.9 Å². The van der Waals surface area contributed by atoms with Crippen LogP contribution in [0.5, 0.6) is 0 Å². The summed E-state index contributed by atoms with van der Waals surface area (Å²) < 4.78 is 27.5. The number of likely N-dealkylation sites (N-methyl/N-ethyl adjacent to an activating group) is 1. The zero-order valence-corrected chi connectivity index (χ0v) is 23.9. The molecule has 4 rings (SSSR count). The first-order chi connectivity index (χ1) is 18.7. The second-order valence-electron chi connectivity index (χ2n) is 9.23. The number of carbonyl (C=O) groups is 3. The summed E-state index contributed by atoms with van der Waals surface area (Å²) in [6, 6.07) is 22.3. The van der Waals surface area contributed by atoms with Crippen molar-refractivity contribution in [2.45, 2.75) is 43.7 Å². The van der Waals surface area contributed by atoms with Gasteiger partial charge in [0.05, 0.1) is 5.56 Å². The summed E-state index contributed by atoms with van der Waals surface area (Å²) in [5.41, 5.74) is 1.89. The van der Waals surface area contributed by atoms with Crippen LogP contribution in [0.15, 0.2) is 88.2 Å². The maximum Gasteiger partial charge on any atom is 0.269 e. The summed E-state index contributed by atoms with van der Waals surface area (Å²) in [4.78, 5) is 41.2. The molecule has 0 bridgehead atoms. The lowest BCUT2D eigenvalue weighted by atomic mass is 10.0. The molecule has 0 fully saturated rings. The molecule has 1 atom stereocenters. The van der Waals surface area contributed by atoms with E-state index in [-0.39, 0.29) is 48.2 Å². The fraction of sp³-hybridized carbons (Fsp3) is 0.276. The largest absolute Gasteiger partial charge is 0.355 e. The van der Waals surface area contributed by atoms with Crippen LogP contribution >= 0.6 is 15.9 Å². The first-order valence-corrected chi connectivity index (χ1v) is 15.0. The highest BCUT2D eigenvalue weighted by molar-refractivity contribution is 9.10. The summed E-state index contributed by atoms with van der Waals surface area (Å²) in [7, 11) is -3.96. The van der Waals surface area contributed by atoms with Gasteiger partial charge in [0.2, 0.25) is 11.8 Å². The Kier molecular flexibility index (Phi) is 9.19. The van der Waals surface area contributed by atoms with Crippen LogP contribution < -0.4 is 5.32 Å². The Morgan fingerprint density at radius 2 is 1.67 bits per heavy atom. The minimum Gasteiger partial charge on any atom is -0.355 e. The van der Waals surface area contributed by atoms with E-state index in [0.717, 1.165) is 19.9 Å². The molecule has 39 heavy (non-hydrogen) atoms. The van der Waals surface area contributed by atoms with Gasteiger partial charge in [0.15, 0.2) is 0 Å². The average Bonchev–Trinajstić information content (AvgIpc) is 3.12. The number of fused-ring (bicyclic) bond motifs is 1. The summed E-state index contributed by atoms with van der Waals surface area (Å²) in [6.45, 7) is 2.30.